The molecule has 0 aliphatic rings. The topological polar surface area (TPSA) is 86.4 Å². The summed E-state index contributed by atoms with van der Waals surface area (Å²) in [6.07, 6.45) is 1.57. The fourth-order valence-corrected chi connectivity index (χ4v) is 4.37. The fraction of sp³-hybridized carbons (Fsp3) is 0.0690. The van der Waals surface area contributed by atoms with Gasteiger partial charge in [-0.3, -0.25) is 9.59 Å². The van der Waals surface area contributed by atoms with Crippen LogP contribution >= 0.6 is 15.9 Å². The van der Waals surface area contributed by atoms with Crippen molar-refractivity contribution in [3.63, 3.8) is 0 Å². The molecule has 2 aromatic heterocycles. The highest BCUT2D eigenvalue weighted by molar-refractivity contribution is 9.10. The summed E-state index contributed by atoms with van der Waals surface area (Å²) in [5.41, 5.74) is 4.79. The van der Waals surface area contributed by atoms with Crippen LogP contribution in [0.25, 0.3) is 28.3 Å². The fourth-order valence-electron chi connectivity index (χ4n) is 3.97. The summed E-state index contributed by atoms with van der Waals surface area (Å²) in [7, 11) is 0. The minimum absolute atomic E-state index is 0.224. The molecule has 7 nitrogen and oxygen atoms in total. The number of nitrogens with zero attached hydrogens (tertiary/aromatic N) is 2. The Kier molecular flexibility index (Phi) is 6.74. The SMILES string of the molecule is CC(=O)Oc1c(-c2ccc(NC(=O)c3cccc(Br)c3)cc2)c(-c2ccco2)nn1-c1cccc(C)c1. The van der Waals surface area contributed by atoms with Gasteiger partial charge in [0, 0.05) is 22.6 Å². The normalized spacial score (nSPS) is 10.8. The third kappa shape index (κ3) is 5.24. The van der Waals surface area contributed by atoms with Crippen LogP contribution in [0.2, 0.25) is 0 Å². The van der Waals surface area contributed by atoms with Crippen molar-refractivity contribution >= 4 is 33.5 Å². The third-order valence-electron chi connectivity index (χ3n) is 5.60. The van der Waals surface area contributed by atoms with Gasteiger partial charge in [-0.25, -0.2) is 0 Å². The zero-order valence-electron chi connectivity index (χ0n) is 20.1. The molecule has 0 aliphatic carbocycles. The van der Waals surface area contributed by atoms with Crippen LogP contribution in [-0.2, 0) is 4.79 Å². The summed E-state index contributed by atoms with van der Waals surface area (Å²) in [5, 5.41) is 7.69. The minimum Gasteiger partial charge on any atom is -0.463 e. The Labute approximate surface area is 221 Å². The molecule has 8 heteroatoms. The maximum absolute atomic E-state index is 12.7. The molecule has 0 saturated heterocycles. The third-order valence-corrected chi connectivity index (χ3v) is 6.10. The predicted octanol–water partition coefficient (Wildman–Crippen LogP) is 7.05. The number of carbonyl (C=O) groups is 2. The first-order valence-electron chi connectivity index (χ1n) is 11.5. The largest absolute Gasteiger partial charge is 0.463 e. The summed E-state index contributed by atoms with van der Waals surface area (Å²) >= 11 is 3.39. The molecule has 5 rings (SSSR count). The number of aryl methyl sites for hydroxylation is 1. The van der Waals surface area contributed by atoms with Crippen LogP contribution in [0.3, 0.4) is 0 Å². The Morgan fingerprint density at radius 2 is 1.76 bits per heavy atom. The molecule has 1 amide bonds. The maximum atomic E-state index is 12.7. The number of ether oxygens (including phenoxy) is 1. The van der Waals surface area contributed by atoms with E-state index in [2.05, 4.69) is 21.2 Å². The van der Waals surface area contributed by atoms with Gasteiger partial charge in [-0.05, 0) is 72.6 Å². The molecule has 5 aromatic rings. The smallest absolute Gasteiger partial charge is 0.309 e. The van der Waals surface area contributed by atoms with Crippen molar-refractivity contribution in [3.8, 4) is 34.1 Å². The van der Waals surface area contributed by atoms with E-state index >= 15 is 0 Å². The van der Waals surface area contributed by atoms with Gasteiger partial charge in [-0.15, -0.1) is 0 Å². The first-order valence-corrected chi connectivity index (χ1v) is 12.3. The highest BCUT2D eigenvalue weighted by Gasteiger charge is 2.26. The number of anilines is 1. The molecule has 3 aromatic carbocycles. The Morgan fingerprint density at radius 3 is 2.43 bits per heavy atom. The lowest BCUT2D eigenvalue weighted by Crippen LogP contribution is -2.11. The van der Waals surface area contributed by atoms with E-state index in [0.29, 0.717) is 28.3 Å². The number of aromatic nitrogens is 2. The molecule has 0 saturated carbocycles. The van der Waals surface area contributed by atoms with Crippen LogP contribution in [0.15, 0.2) is 100 Å². The van der Waals surface area contributed by atoms with Crippen LogP contribution in [-0.4, -0.2) is 21.7 Å². The zero-order chi connectivity index (χ0) is 25.9. The van der Waals surface area contributed by atoms with Crippen LogP contribution in [0.1, 0.15) is 22.8 Å². The second kappa shape index (κ2) is 10.3. The summed E-state index contributed by atoms with van der Waals surface area (Å²) < 4.78 is 13.8. The first-order chi connectivity index (χ1) is 17.9. The number of amides is 1. The number of nitrogens with one attached hydrogen (secondary N) is 1. The molecule has 184 valence electrons. The second-order valence-corrected chi connectivity index (χ2v) is 9.31. The Bertz CT molecular complexity index is 1590. The Hall–Kier alpha value is -4.43. The van der Waals surface area contributed by atoms with Gasteiger partial charge in [-0.1, -0.05) is 46.3 Å². The predicted molar refractivity (Wildman–Crippen MR) is 145 cm³/mol. The van der Waals surface area contributed by atoms with Gasteiger partial charge in [0.25, 0.3) is 5.91 Å². The molecule has 37 heavy (non-hydrogen) atoms. The second-order valence-electron chi connectivity index (χ2n) is 8.39. The van der Waals surface area contributed by atoms with Crippen LogP contribution < -0.4 is 10.1 Å². The van der Waals surface area contributed by atoms with E-state index in [0.717, 1.165) is 21.3 Å². The average Bonchev–Trinajstić information content (AvgIpc) is 3.53. The van der Waals surface area contributed by atoms with Crippen molar-refractivity contribution in [1.82, 2.24) is 9.78 Å². The van der Waals surface area contributed by atoms with E-state index in [1.54, 1.807) is 53.4 Å². The minimum atomic E-state index is -0.473. The van der Waals surface area contributed by atoms with Crippen molar-refractivity contribution in [2.24, 2.45) is 0 Å². The number of hydrogen-bond acceptors (Lipinski definition) is 5. The van der Waals surface area contributed by atoms with Gasteiger partial charge >= 0.3 is 5.97 Å². The van der Waals surface area contributed by atoms with Gasteiger partial charge in [0.1, 0.15) is 5.69 Å². The number of esters is 1. The molecular formula is C29H22BrN3O4. The lowest BCUT2D eigenvalue weighted by atomic mass is 10.0. The van der Waals surface area contributed by atoms with Gasteiger partial charge in [0.2, 0.25) is 5.88 Å². The molecule has 0 fully saturated rings. The summed E-state index contributed by atoms with van der Waals surface area (Å²) in [4.78, 5) is 24.8. The zero-order valence-corrected chi connectivity index (χ0v) is 21.7. The van der Waals surface area contributed by atoms with Gasteiger partial charge in [-0.2, -0.15) is 9.78 Å². The monoisotopic (exact) mass is 555 g/mol. The summed E-state index contributed by atoms with van der Waals surface area (Å²) in [6, 6.07) is 25.7. The Morgan fingerprint density at radius 1 is 0.973 bits per heavy atom. The quantitative estimate of drug-likeness (QED) is 0.227. The molecule has 0 bridgehead atoms. The summed E-state index contributed by atoms with van der Waals surface area (Å²) in [5.74, 6) is 0.106. The number of furan rings is 1. The van der Waals surface area contributed by atoms with E-state index in [4.69, 9.17) is 14.3 Å². The number of hydrogen-bond donors (Lipinski definition) is 1. The van der Waals surface area contributed by atoms with Crippen molar-refractivity contribution in [2.45, 2.75) is 13.8 Å². The first kappa shape index (κ1) is 24.3. The lowest BCUT2D eigenvalue weighted by Gasteiger charge is -2.11. The van der Waals surface area contributed by atoms with Gasteiger partial charge in [0.15, 0.2) is 5.76 Å². The van der Waals surface area contributed by atoms with Gasteiger partial charge < -0.3 is 14.5 Å². The molecular weight excluding hydrogens is 534 g/mol. The van der Waals surface area contributed by atoms with Crippen molar-refractivity contribution in [3.05, 3.63) is 107 Å². The standard InChI is InChI=1S/C29H22BrN3O4/c1-18-6-3-9-24(16-18)33-29(37-19(2)34)26(27(32-33)25-10-5-15-36-25)20-11-13-23(14-12-20)31-28(35)21-7-4-8-22(30)17-21/h3-17H,1-2H3,(H,31,35). The van der Waals surface area contributed by atoms with E-state index in [1.165, 1.54) is 6.92 Å². The lowest BCUT2D eigenvalue weighted by molar-refractivity contribution is -0.132. The molecule has 0 unspecified atom stereocenters. The van der Waals surface area contributed by atoms with Gasteiger partial charge in [0.05, 0.1) is 17.5 Å². The number of benzene rings is 3. The average molecular weight is 556 g/mol. The van der Waals surface area contributed by atoms with E-state index < -0.39 is 5.97 Å². The molecule has 0 radical (unpaired) electrons. The number of carbonyl (C=O) groups excluding carboxylic acids is 2. The highest BCUT2D eigenvalue weighted by Crippen LogP contribution is 2.41. The molecule has 0 spiro atoms. The Balaban J connectivity index is 1.58. The van der Waals surface area contributed by atoms with Crippen LogP contribution in [0, 0.1) is 6.92 Å². The van der Waals surface area contributed by atoms with E-state index in [1.807, 2.05) is 49.4 Å². The molecule has 0 aliphatic heterocycles. The van der Waals surface area contributed by atoms with E-state index in [-0.39, 0.29) is 11.8 Å². The summed E-state index contributed by atoms with van der Waals surface area (Å²) in [6.45, 7) is 3.33. The number of halogens is 1. The van der Waals surface area contributed by atoms with Crippen molar-refractivity contribution < 1.29 is 18.7 Å². The molecule has 0 atom stereocenters. The maximum Gasteiger partial charge on any atom is 0.309 e. The van der Waals surface area contributed by atoms with Crippen LogP contribution in [0.4, 0.5) is 5.69 Å². The van der Waals surface area contributed by atoms with Crippen molar-refractivity contribution in [1.29, 1.82) is 0 Å². The van der Waals surface area contributed by atoms with Crippen LogP contribution in [0.5, 0.6) is 5.88 Å². The van der Waals surface area contributed by atoms with Crippen molar-refractivity contribution in [2.75, 3.05) is 5.32 Å². The molecule has 1 N–H and O–H groups in total. The number of rotatable bonds is 6. The molecule has 2 heterocycles. The highest BCUT2D eigenvalue weighted by atomic mass is 79.9. The van der Waals surface area contributed by atoms with E-state index in [9.17, 15) is 9.59 Å².